The van der Waals surface area contributed by atoms with Crippen molar-refractivity contribution in [2.24, 2.45) is 0 Å². The number of H-pyrrole nitrogens is 1. The number of aromatic nitrogens is 4. The minimum atomic E-state index is -0.0929. The first kappa shape index (κ1) is 9.08. The average Bonchev–Trinajstić information content (AvgIpc) is 2.82. The molecule has 2 heterocycles. The Bertz CT molecular complexity index is 682. The van der Waals surface area contributed by atoms with Gasteiger partial charge in [-0.25, -0.2) is 9.97 Å². The quantitative estimate of drug-likeness (QED) is 0.683. The number of nitrogens with zero attached hydrogens (tertiary/aromatic N) is 3. The van der Waals surface area contributed by atoms with E-state index in [1.165, 1.54) is 0 Å². The second kappa shape index (κ2) is 3.44. The van der Waals surface area contributed by atoms with Gasteiger partial charge in [0.15, 0.2) is 0 Å². The van der Waals surface area contributed by atoms with Crippen molar-refractivity contribution in [1.29, 1.82) is 0 Å². The summed E-state index contributed by atoms with van der Waals surface area (Å²) in [7, 11) is 0. The van der Waals surface area contributed by atoms with Gasteiger partial charge in [-0.2, -0.15) is 0 Å². The molecule has 2 aromatic heterocycles. The molecule has 3 rings (SSSR count). The average molecular weight is 214 g/mol. The molecule has 0 saturated heterocycles. The van der Waals surface area contributed by atoms with Crippen molar-refractivity contribution in [3.8, 4) is 5.95 Å². The Labute approximate surface area is 90.8 Å². The molecule has 16 heavy (non-hydrogen) atoms. The van der Waals surface area contributed by atoms with Gasteiger partial charge in [0, 0.05) is 12.4 Å². The second-order valence-corrected chi connectivity index (χ2v) is 3.64. The van der Waals surface area contributed by atoms with Crippen LogP contribution >= 0.6 is 0 Å². The van der Waals surface area contributed by atoms with Crippen LogP contribution in [0.5, 0.6) is 0 Å². The number of nitrogens with one attached hydrogen (secondary N) is 1. The van der Waals surface area contributed by atoms with Crippen LogP contribution < -0.4 is 16.1 Å². The lowest BCUT2D eigenvalue weighted by molar-refractivity contribution is 0.881. The molecule has 0 amide bonds. The van der Waals surface area contributed by atoms with Crippen LogP contribution in [0.2, 0.25) is 0 Å². The molecule has 0 atom stereocenters. The summed E-state index contributed by atoms with van der Waals surface area (Å²) in [6, 6.07) is 0. The van der Waals surface area contributed by atoms with Gasteiger partial charge in [0.25, 0.3) is 5.56 Å². The molecule has 80 valence electrons. The number of aromatic amines is 1. The van der Waals surface area contributed by atoms with Crippen LogP contribution in [0.15, 0.2) is 23.5 Å². The van der Waals surface area contributed by atoms with E-state index in [1.807, 2.05) is 12.2 Å². The van der Waals surface area contributed by atoms with E-state index in [2.05, 4.69) is 15.0 Å². The summed E-state index contributed by atoms with van der Waals surface area (Å²) < 4.78 is 1.68. The smallest absolute Gasteiger partial charge is 0.259 e. The topological polar surface area (TPSA) is 63.6 Å². The fourth-order valence-corrected chi connectivity index (χ4v) is 1.79. The van der Waals surface area contributed by atoms with E-state index < -0.39 is 0 Å². The summed E-state index contributed by atoms with van der Waals surface area (Å²) in [5.41, 5.74) is -0.0929. The van der Waals surface area contributed by atoms with E-state index in [0.29, 0.717) is 11.2 Å². The van der Waals surface area contributed by atoms with Gasteiger partial charge in [-0.3, -0.25) is 14.3 Å². The lowest BCUT2D eigenvalue weighted by Gasteiger charge is -2.03. The molecule has 1 aliphatic rings. The maximum absolute atomic E-state index is 11.8. The summed E-state index contributed by atoms with van der Waals surface area (Å²) in [5, 5.41) is 1.44. The van der Waals surface area contributed by atoms with Gasteiger partial charge in [-0.05, 0) is 12.8 Å². The predicted octanol–water partition coefficient (Wildman–Crippen LogP) is -0.690. The Kier molecular flexibility index (Phi) is 1.96. The molecule has 1 aliphatic carbocycles. The number of fused-ring (bicyclic) bond motifs is 1. The van der Waals surface area contributed by atoms with Gasteiger partial charge in [0.2, 0.25) is 5.95 Å². The number of rotatable bonds is 1. The maximum atomic E-state index is 11.8. The fraction of sp³-hybridized carbons (Fsp3) is 0.182. The zero-order valence-electron chi connectivity index (χ0n) is 8.55. The second-order valence-electron chi connectivity index (χ2n) is 3.64. The molecule has 2 aromatic rings. The van der Waals surface area contributed by atoms with E-state index in [4.69, 9.17) is 0 Å². The molecule has 0 aromatic carbocycles. The van der Waals surface area contributed by atoms with Crippen LogP contribution in [-0.4, -0.2) is 19.5 Å². The third-order valence-electron chi connectivity index (χ3n) is 2.57. The van der Waals surface area contributed by atoms with Crippen LogP contribution in [0.1, 0.15) is 12.8 Å². The van der Waals surface area contributed by atoms with Gasteiger partial charge >= 0.3 is 0 Å². The molecule has 5 nitrogen and oxygen atoms in total. The summed E-state index contributed by atoms with van der Waals surface area (Å²) in [5.74, 6) is 0.507. The fourth-order valence-electron chi connectivity index (χ4n) is 1.79. The molecule has 0 saturated carbocycles. The number of imidazole rings is 1. The van der Waals surface area contributed by atoms with E-state index in [9.17, 15) is 4.79 Å². The van der Waals surface area contributed by atoms with Crippen LogP contribution in [0.3, 0.4) is 0 Å². The third-order valence-corrected chi connectivity index (χ3v) is 2.57. The standard InChI is InChI=1S/C11H10N4O/c16-10-8-3-1-2-4-9(8)13-11(14-10)15-6-5-12-7-15/h3-7H,1-2H2,(H,13,14,16). The van der Waals surface area contributed by atoms with E-state index in [0.717, 1.165) is 18.2 Å². The van der Waals surface area contributed by atoms with E-state index in [1.54, 1.807) is 23.3 Å². The molecular weight excluding hydrogens is 204 g/mol. The first-order valence-electron chi connectivity index (χ1n) is 5.13. The normalized spacial score (nSPS) is 13.8. The summed E-state index contributed by atoms with van der Waals surface area (Å²) in [6.45, 7) is 0. The SMILES string of the molecule is O=c1[nH]c(-n2ccnc2)nc2c1=CCCC=2. The van der Waals surface area contributed by atoms with Gasteiger partial charge < -0.3 is 0 Å². The van der Waals surface area contributed by atoms with Crippen molar-refractivity contribution in [2.45, 2.75) is 12.8 Å². The summed E-state index contributed by atoms with van der Waals surface area (Å²) in [6.07, 6.45) is 10.8. The Morgan fingerprint density at radius 1 is 1.31 bits per heavy atom. The van der Waals surface area contributed by atoms with Gasteiger partial charge in [-0.1, -0.05) is 12.2 Å². The molecule has 0 bridgehead atoms. The van der Waals surface area contributed by atoms with E-state index >= 15 is 0 Å². The molecule has 0 unspecified atom stereocenters. The Balaban J connectivity index is 2.33. The Morgan fingerprint density at radius 3 is 3.00 bits per heavy atom. The molecule has 5 heteroatoms. The molecular formula is C11H10N4O. The maximum Gasteiger partial charge on any atom is 0.259 e. The van der Waals surface area contributed by atoms with E-state index in [-0.39, 0.29) is 5.56 Å². The molecule has 0 spiro atoms. The monoisotopic (exact) mass is 214 g/mol. The molecule has 0 fully saturated rings. The summed E-state index contributed by atoms with van der Waals surface area (Å²) in [4.78, 5) is 22.9. The van der Waals surface area contributed by atoms with Crippen molar-refractivity contribution in [3.63, 3.8) is 0 Å². The van der Waals surface area contributed by atoms with Crippen LogP contribution in [0.4, 0.5) is 0 Å². The van der Waals surface area contributed by atoms with Gasteiger partial charge in [0.1, 0.15) is 6.33 Å². The third kappa shape index (κ3) is 1.37. The van der Waals surface area contributed by atoms with Crippen molar-refractivity contribution in [1.82, 2.24) is 19.5 Å². The predicted molar refractivity (Wildman–Crippen MR) is 59.4 cm³/mol. The van der Waals surface area contributed by atoms with Crippen molar-refractivity contribution in [2.75, 3.05) is 0 Å². The highest BCUT2D eigenvalue weighted by atomic mass is 16.1. The zero-order chi connectivity index (χ0) is 11.0. The van der Waals surface area contributed by atoms with Crippen molar-refractivity contribution < 1.29 is 0 Å². The van der Waals surface area contributed by atoms with Crippen molar-refractivity contribution in [3.05, 3.63) is 39.6 Å². The minimum absolute atomic E-state index is 0.0929. The van der Waals surface area contributed by atoms with Crippen LogP contribution in [0.25, 0.3) is 18.1 Å². The van der Waals surface area contributed by atoms with Crippen molar-refractivity contribution >= 4 is 12.2 Å². The first-order chi connectivity index (χ1) is 7.84. The number of hydrogen-bond donors (Lipinski definition) is 1. The molecule has 1 N–H and O–H groups in total. The van der Waals surface area contributed by atoms with Gasteiger partial charge in [-0.15, -0.1) is 0 Å². The molecule has 0 aliphatic heterocycles. The Hall–Kier alpha value is -2.17. The minimum Gasteiger partial charge on any atom is -0.291 e. The van der Waals surface area contributed by atoms with Gasteiger partial charge in [0.05, 0.1) is 10.6 Å². The number of hydrogen-bond acceptors (Lipinski definition) is 3. The van der Waals surface area contributed by atoms with Crippen LogP contribution in [-0.2, 0) is 0 Å². The first-order valence-corrected chi connectivity index (χ1v) is 5.13. The largest absolute Gasteiger partial charge is 0.291 e. The highest BCUT2D eigenvalue weighted by Crippen LogP contribution is 1.95. The highest BCUT2D eigenvalue weighted by Gasteiger charge is 2.03. The zero-order valence-corrected chi connectivity index (χ0v) is 8.55. The highest BCUT2D eigenvalue weighted by molar-refractivity contribution is 5.35. The molecule has 0 radical (unpaired) electrons. The Morgan fingerprint density at radius 2 is 2.19 bits per heavy atom. The lowest BCUT2D eigenvalue weighted by atomic mass is 10.2. The lowest BCUT2D eigenvalue weighted by Crippen LogP contribution is -2.44. The van der Waals surface area contributed by atoms with Crippen LogP contribution in [0, 0.1) is 0 Å². The summed E-state index contributed by atoms with van der Waals surface area (Å²) >= 11 is 0.